The standard InChI is InChI=1S/C16H23NO5/c1-16(2,3)22-15(19)17-12(8-9-18)11-6-7-13(20-4)14(10-11)21-5/h6-7,9-10,12H,8H2,1-5H3,(H,17,19)/t12-/m1/s1. The summed E-state index contributed by atoms with van der Waals surface area (Å²) in [5, 5.41) is 2.69. The van der Waals surface area contributed by atoms with Crippen molar-refractivity contribution in [3.63, 3.8) is 0 Å². The summed E-state index contributed by atoms with van der Waals surface area (Å²) in [4.78, 5) is 22.8. The van der Waals surface area contributed by atoms with Crippen LogP contribution in [0.25, 0.3) is 0 Å². The minimum Gasteiger partial charge on any atom is -0.493 e. The minimum atomic E-state index is -0.604. The van der Waals surface area contributed by atoms with Gasteiger partial charge in [-0.2, -0.15) is 0 Å². The fourth-order valence-electron chi connectivity index (χ4n) is 1.89. The number of amides is 1. The molecule has 0 aliphatic rings. The first-order valence-corrected chi connectivity index (χ1v) is 6.95. The van der Waals surface area contributed by atoms with Crippen LogP contribution in [-0.4, -0.2) is 32.2 Å². The first kappa shape index (κ1) is 17.8. The highest BCUT2D eigenvalue weighted by atomic mass is 16.6. The minimum absolute atomic E-state index is 0.134. The molecule has 0 heterocycles. The van der Waals surface area contributed by atoms with Crippen LogP contribution in [0, 0.1) is 0 Å². The number of hydrogen-bond acceptors (Lipinski definition) is 5. The molecule has 0 aliphatic carbocycles. The van der Waals surface area contributed by atoms with Gasteiger partial charge in [-0.15, -0.1) is 0 Å². The lowest BCUT2D eigenvalue weighted by molar-refractivity contribution is -0.108. The highest BCUT2D eigenvalue weighted by Crippen LogP contribution is 2.30. The van der Waals surface area contributed by atoms with Gasteiger partial charge in [0.1, 0.15) is 11.9 Å². The number of carbonyl (C=O) groups excluding carboxylic acids is 2. The lowest BCUT2D eigenvalue weighted by atomic mass is 10.0. The Labute approximate surface area is 130 Å². The third kappa shape index (κ3) is 5.27. The number of nitrogens with one attached hydrogen (secondary N) is 1. The van der Waals surface area contributed by atoms with Gasteiger partial charge in [-0.3, -0.25) is 0 Å². The number of aldehydes is 1. The van der Waals surface area contributed by atoms with E-state index >= 15 is 0 Å². The first-order valence-electron chi connectivity index (χ1n) is 6.95. The zero-order valence-electron chi connectivity index (χ0n) is 13.6. The monoisotopic (exact) mass is 309 g/mol. The average Bonchev–Trinajstić information content (AvgIpc) is 2.44. The van der Waals surface area contributed by atoms with Gasteiger partial charge in [-0.25, -0.2) is 4.79 Å². The van der Waals surface area contributed by atoms with Crippen molar-refractivity contribution in [1.82, 2.24) is 5.32 Å². The molecule has 0 unspecified atom stereocenters. The highest BCUT2D eigenvalue weighted by molar-refractivity contribution is 5.69. The summed E-state index contributed by atoms with van der Waals surface area (Å²) >= 11 is 0. The molecule has 22 heavy (non-hydrogen) atoms. The largest absolute Gasteiger partial charge is 0.493 e. The molecule has 0 saturated carbocycles. The van der Waals surface area contributed by atoms with Crippen LogP contribution in [0.5, 0.6) is 11.5 Å². The Hall–Kier alpha value is -2.24. The maximum absolute atomic E-state index is 11.9. The molecular formula is C16H23NO5. The molecule has 1 N–H and O–H groups in total. The van der Waals surface area contributed by atoms with E-state index in [1.54, 1.807) is 46.1 Å². The molecular weight excluding hydrogens is 286 g/mol. The Balaban J connectivity index is 2.95. The molecule has 1 amide bonds. The summed E-state index contributed by atoms with van der Waals surface area (Å²) in [6.45, 7) is 5.33. The molecule has 0 saturated heterocycles. The average molecular weight is 309 g/mol. The van der Waals surface area contributed by atoms with Crippen LogP contribution in [-0.2, 0) is 9.53 Å². The van der Waals surface area contributed by atoms with Crippen molar-refractivity contribution in [2.75, 3.05) is 14.2 Å². The van der Waals surface area contributed by atoms with E-state index in [1.807, 2.05) is 0 Å². The lowest BCUT2D eigenvalue weighted by Crippen LogP contribution is -2.35. The third-order valence-electron chi connectivity index (χ3n) is 2.83. The smallest absolute Gasteiger partial charge is 0.408 e. The molecule has 0 aliphatic heterocycles. The maximum atomic E-state index is 11.9. The fraction of sp³-hybridized carbons (Fsp3) is 0.500. The number of hydrogen-bond donors (Lipinski definition) is 1. The van der Waals surface area contributed by atoms with E-state index in [0.29, 0.717) is 11.5 Å². The topological polar surface area (TPSA) is 73.9 Å². The van der Waals surface area contributed by atoms with Crippen molar-refractivity contribution < 1.29 is 23.8 Å². The van der Waals surface area contributed by atoms with Crippen LogP contribution in [0.3, 0.4) is 0 Å². The molecule has 0 spiro atoms. The van der Waals surface area contributed by atoms with Gasteiger partial charge in [0.2, 0.25) is 0 Å². The second-order valence-electron chi connectivity index (χ2n) is 5.72. The van der Waals surface area contributed by atoms with Gasteiger partial charge in [0.15, 0.2) is 11.5 Å². The molecule has 1 atom stereocenters. The summed E-state index contributed by atoms with van der Waals surface area (Å²) in [7, 11) is 3.07. The van der Waals surface area contributed by atoms with Gasteiger partial charge >= 0.3 is 6.09 Å². The SMILES string of the molecule is COc1ccc([C@@H](CC=O)NC(=O)OC(C)(C)C)cc1OC. The number of alkyl carbamates (subject to hydrolysis) is 1. The van der Waals surface area contributed by atoms with E-state index in [0.717, 1.165) is 11.8 Å². The maximum Gasteiger partial charge on any atom is 0.408 e. The van der Waals surface area contributed by atoms with Crippen molar-refractivity contribution in [3.05, 3.63) is 23.8 Å². The molecule has 6 nitrogen and oxygen atoms in total. The van der Waals surface area contributed by atoms with Gasteiger partial charge < -0.3 is 24.3 Å². The van der Waals surface area contributed by atoms with Crippen molar-refractivity contribution in [3.8, 4) is 11.5 Å². The third-order valence-corrected chi connectivity index (χ3v) is 2.83. The second kappa shape index (κ2) is 7.68. The molecule has 1 rings (SSSR count). The Morgan fingerprint density at radius 2 is 1.86 bits per heavy atom. The Morgan fingerprint density at radius 3 is 2.36 bits per heavy atom. The molecule has 0 bridgehead atoms. The van der Waals surface area contributed by atoms with Crippen LogP contribution < -0.4 is 14.8 Å². The molecule has 0 aromatic heterocycles. The van der Waals surface area contributed by atoms with Crippen LogP contribution in [0.2, 0.25) is 0 Å². The van der Waals surface area contributed by atoms with E-state index in [-0.39, 0.29) is 6.42 Å². The van der Waals surface area contributed by atoms with Gasteiger partial charge in [0.05, 0.1) is 20.3 Å². The quantitative estimate of drug-likeness (QED) is 0.818. The predicted molar refractivity (Wildman–Crippen MR) is 82.3 cm³/mol. The van der Waals surface area contributed by atoms with E-state index in [4.69, 9.17) is 14.2 Å². The molecule has 1 aromatic rings. The number of carbonyl (C=O) groups is 2. The van der Waals surface area contributed by atoms with Crippen molar-refractivity contribution in [2.45, 2.75) is 38.8 Å². The molecule has 0 fully saturated rings. The molecule has 122 valence electrons. The molecule has 0 radical (unpaired) electrons. The van der Waals surface area contributed by atoms with Gasteiger partial charge in [-0.05, 0) is 38.5 Å². The van der Waals surface area contributed by atoms with Gasteiger partial charge in [0.25, 0.3) is 0 Å². The van der Waals surface area contributed by atoms with Crippen LogP contribution in [0.15, 0.2) is 18.2 Å². The summed E-state index contributed by atoms with van der Waals surface area (Å²) in [5.41, 5.74) is 0.128. The summed E-state index contributed by atoms with van der Waals surface area (Å²) < 4.78 is 15.6. The van der Waals surface area contributed by atoms with Crippen molar-refractivity contribution in [1.29, 1.82) is 0 Å². The van der Waals surface area contributed by atoms with Crippen LogP contribution in [0.4, 0.5) is 4.79 Å². The van der Waals surface area contributed by atoms with Gasteiger partial charge in [-0.1, -0.05) is 6.07 Å². The Morgan fingerprint density at radius 1 is 1.23 bits per heavy atom. The zero-order chi connectivity index (χ0) is 16.8. The first-order chi connectivity index (χ1) is 10.3. The van der Waals surface area contributed by atoms with Crippen molar-refractivity contribution in [2.24, 2.45) is 0 Å². The summed E-state index contributed by atoms with van der Waals surface area (Å²) in [5.74, 6) is 1.11. The number of benzene rings is 1. The zero-order valence-corrected chi connectivity index (χ0v) is 13.6. The number of rotatable bonds is 6. The molecule has 1 aromatic carbocycles. The fourth-order valence-corrected chi connectivity index (χ4v) is 1.89. The summed E-state index contributed by atoms with van der Waals surface area (Å²) in [6, 6.07) is 4.73. The molecule has 6 heteroatoms. The van der Waals surface area contributed by atoms with Crippen LogP contribution in [0.1, 0.15) is 38.8 Å². The lowest BCUT2D eigenvalue weighted by Gasteiger charge is -2.23. The normalized spacial score (nSPS) is 12.2. The van der Waals surface area contributed by atoms with E-state index in [1.165, 1.54) is 7.11 Å². The van der Waals surface area contributed by atoms with Crippen molar-refractivity contribution >= 4 is 12.4 Å². The van der Waals surface area contributed by atoms with E-state index < -0.39 is 17.7 Å². The number of ether oxygens (including phenoxy) is 3. The highest BCUT2D eigenvalue weighted by Gasteiger charge is 2.21. The van der Waals surface area contributed by atoms with E-state index in [2.05, 4.69) is 5.32 Å². The summed E-state index contributed by atoms with van der Waals surface area (Å²) in [6.07, 6.45) is 0.308. The Bertz CT molecular complexity index is 522. The second-order valence-corrected chi connectivity index (χ2v) is 5.72. The Kier molecular flexibility index (Phi) is 6.22. The van der Waals surface area contributed by atoms with E-state index in [9.17, 15) is 9.59 Å². The predicted octanol–water partition coefficient (Wildman–Crippen LogP) is 2.86. The number of methoxy groups -OCH3 is 2. The van der Waals surface area contributed by atoms with Gasteiger partial charge in [0, 0.05) is 6.42 Å². The van der Waals surface area contributed by atoms with Crippen LogP contribution >= 0.6 is 0 Å².